The summed E-state index contributed by atoms with van der Waals surface area (Å²) in [6.07, 6.45) is -4.47. The average Bonchev–Trinajstić information content (AvgIpc) is 2.43. The Hall–Kier alpha value is -2.25. The molecule has 0 spiro atoms. The van der Waals surface area contributed by atoms with Crippen molar-refractivity contribution in [3.8, 4) is 5.75 Å². The summed E-state index contributed by atoms with van der Waals surface area (Å²) in [4.78, 5) is 23.8. The lowest BCUT2D eigenvalue weighted by molar-refractivity contribution is -0.157. The molecular formula is C14H17F3N2O3. The van der Waals surface area contributed by atoms with Gasteiger partial charge in [0, 0.05) is 12.6 Å². The van der Waals surface area contributed by atoms with E-state index < -0.39 is 31.1 Å². The van der Waals surface area contributed by atoms with E-state index in [0.29, 0.717) is 17.3 Å². The minimum atomic E-state index is -4.47. The first kappa shape index (κ1) is 17.8. The largest absolute Gasteiger partial charge is 0.494 e. The van der Waals surface area contributed by atoms with Gasteiger partial charge in [0.15, 0.2) is 0 Å². The molecule has 0 saturated carbocycles. The Morgan fingerprint density at radius 3 is 2.32 bits per heavy atom. The molecule has 1 aromatic rings. The highest BCUT2D eigenvalue weighted by molar-refractivity contribution is 5.96. The first-order valence-electron chi connectivity index (χ1n) is 6.54. The highest BCUT2D eigenvalue weighted by atomic mass is 19.4. The Labute approximate surface area is 126 Å². The van der Waals surface area contributed by atoms with Gasteiger partial charge in [-0.15, -0.1) is 0 Å². The van der Waals surface area contributed by atoms with Crippen LogP contribution in [0.2, 0.25) is 0 Å². The van der Waals surface area contributed by atoms with Gasteiger partial charge in [0.1, 0.15) is 12.3 Å². The summed E-state index contributed by atoms with van der Waals surface area (Å²) in [5.74, 6) is -0.770. The number of nitrogens with one attached hydrogen (secondary N) is 1. The van der Waals surface area contributed by atoms with E-state index in [2.05, 4.69) is 5.32 Å². The number of ether oxygens (including phenoxy) is 1. The van der Waals surface area contributed by atoms with Gasteiger partial charge in [0.05, 0.1) is 13.2 Å². The Kier molecular flexibility index (Phi) is 6.21. The first-order valence-corrected chi connectivity index (χ1v) is 6.54. The van der Waals surface area contributed by atoms with Crippen molar-refractivity contribution in [2.75, 3.05) is 26.7 Å². The monoisotopic (exact) mass is 318 g/mol. The normalized spacial score (nSPS) is 11.0. The van der Waals surface area contributed by atoms with Gasteiger partial charge >= 0.3 is 6.18 Å². The standard InChI is InChI=1S/C14H17F3N2O3/c1-3-22-11-6-4-10(5-7-11)13(21)18-8-12(20)19(2)9-14(15,16)17/h4-7H,3,8-9H2,1-2H3,(H,18,21). The van der Waals surface area contributed by atoms with E-state index in [1.807, 2.05) is 6.92 Å². The van der Waals surface area contributed by atoms with Gasteiger partial charge in [0.25, 0.3) is 5.91 Å². The van der Waals surface area contributed by atoms with Gasteiger partial charge in [-0.25, -0.2) is 0 Å². The van der Waals surface area contributed by atoms with Gasteiger partial charge in [-0.1, -0.05) is 0 Å². The molecule has 122 valence electrons. The SMILES string of the molecule is CCOc1ccc(C(=O)NCC(=O)N(C)CC(F)(F)F)cc1. The number of alkyl halides is 3. The third kappa shape index (κ3) is 6.02. The third-order valence-corrected chi connectivity index (χ3v) is 2.67. The van der Waals surface area contributed by atoms with Crippen LogP contribution < -0.4 is 10.1 Å². The van der Waals surface area contributed by atoms with Gasteiger partial charge < -0.3 is 15.0 Å². The third-order valence-electron chi connectivity index (χ3n) is 2.67. The molecule has 1 rings (SSSR count). The van der Waals surface area contributed by atoms with Crippen LogP contribution in [0.4, 0.5) is 13.2 Å². The van der Waals surface area contributed by atoms with Crippen LogP contribution in [0.15, 0.2) is 24.3 Å². The highest BCUT2D eigenvalue weighted by Gasteiger charge is 2.31. The van der Waals surface area contributed by atoms with Crippen LogP contribution in [-0.4, -0.2) is 49.6 Å². The molecule has 0 aliphatic rings. The van der Waals surface area contributed by atoms with Gasteiger partial charge in [-0.05, 0) is 31.2 Å². The Bertz CT molecular complexity index is 515. The maximum Gasteiger partial charge on any atom is 0.406 e. The molecule has 1 aromatic carbocycles. The molecule has 0 aromatic heterocycles. The number of benzene rings is 1. The highest BCUT2D eigenvalue weighted by Crippen LogP contribution is 2.15. The maximum atomic E-state index is 12.1. The molecule has 0 unspecified atom stereocenters. The summed E-state index contributed by atoms with van der Waals surface area (Å²) in [7, 11) is 1.03. The summed E-state index contributed by atoms with van der Waals surface area (Å²) in [5, 5.41) is 2.28. The fourth-order valence-corrected chi connectivity index (χ4v) is 1.62. The minimum absolute atomic E-state index is 0.287. The van der Waals surface area contributed by atoms with E-state index >= 15 is 0 Å². The molecule has 22 heavy (non-hydrogen) atoms. The van der Waals surface area contributed by atoms with Crippen LogP contribution in [0.1, 0.15) is 17.3 Å². The molecule has 0 heterocycles. The molecule has 2 amide bonds. The van der Waals surface area contributed by atoms with Crippen molar-refractivity contribution in [3.05, 3.63) is 29.8 Å². The molecule has 8 heteroatoms. The molecule has 0 aliphatic heterocycles. The minimum Gasteiger partial charge on any atom is -0.494 e. The van der Waals surface area contributed by atoms with E-state index in [1.54, 1.807) is 12.1 Å². The van der Waals surface area contributed by atoms with Crippen LogP contribution in [0, 0.1) is 0 Å². The fourth-order valence-electron chi connectivity index (χ4n) is 1.62. The van der Waals surface area contributed by atoms with Gasteiger partial charge in [-0.3, -0.25) is 9.59 Å². The zero-order chi connectivity index (χ0) is 16.8. The Morgan fingerprint density at radius 1 is 1.23 bits per heavy atom. The fraction of sp³-hybridized carbons (Fsp3) is 0.429. The molecular weight excluding hydrogens is 301 g/mol. The molecule has 0 radical (unpaired) electrons. The van der Waals surface area contributed by atoms with E-state index in [0.717, 1.165) is 7.05 Å². The lowest BCUT2D eigenvalue weighted by atomic mass is 10.2. The number of hydrogen-bond donors (Lipinski definition) is 1. The summed E-state index contributed by atoms with van der Waals surface area (Å²) >= 11 is 0. The maximum absolute atomic E-state index is 12.1. The van der Waals surface area contributed by atoms with Crippen LogP contribution in [0.5, 0.6) is 5.75 Å². The number of amides is 2. The summed E-state index contributed by atoms with van der Waals surface area (Å²) in [6.45, 7) is 0.457. The van der Waals surface area contributed by atoms with E-state index in [-0.39, 0.29) is 5.56 Å². The molecule has 0 bridgehead atoms. The van der Waals surface area contributed by atoms with Crippen molar-refractivity contribution in [2.24, 2.45) is 0 Å². The number of carbonyl (C=O) groups excluding carboxylic acids is 2. The van der Waals surface area contributed by atoms with E-state index in [1.165, 1.54) is 12.1 Å². The summed E-state index contributed by atoms with van der Waals surface area (Å²) in [6, 6.07) is 6.19. The predicted molar refractivity (Wildman–Crippen MR) is 73.6 cm³/mol. The van der Waals surface area contributed by atoms with Gasteiger partial charge in [-0.2, -0.15) is 13.2 Å². The lowest BCUT2D eigenvalue weighted by Gasteiger charge is -2.19. The average molecular weight is 318 g/mol. The van der Waals surface area contributed by atoms with Crippen molar-refractivity contribution in [1.29, 1.82) is 0 Å². The Morgan fingerprint density at radius 2 is 1.82 bits per heavy atom. The smallest absolute Gasteiger partial charge is 0.406 e. The number of halogens is 3. The summed E-state index contributed by atoms with van der Waals surface area (Å²) < 4.78 is 41.6. The van der Waals surface area contributed by atoms with Crippen molar-refractivity contribution in [3.63, 3.8) is 0 Å². The molecule has 1 N–H and O–H groups in total. The second kappa shape index (κ2) is 7.67. The molecule has 0 fully saturated rings. The van der Waals surface area contributed by atoms with Crippen LogP contribution >= 0.6 is 0 Å². The number of hydrogen-bond acceptors (Lipinski definition) is 3. The zero-order valence-corrected chi connectivity index (χ0v) is 12.2. The molecule has 0 saturated heterocycles. The quantitative estimate of drug-likeness (QED) is 0.871. The van der Waals surface area contributed by atoms with Crippen molar-refractivity contribution in [1.82, 2.24) is 10.2 Å². The van der Waals surface area contributed by atoms with Crippen molar-refractivity contribution >= 4 is 11.8 Å². The van der Waals surface area contributed by atoms with Crippen molar-refractivity contribution < 1.29 is 27.5 Å². The van der Waals surface area contributed by atoms with Crippen LogP contribution in [0.25, 0.3) is 0 Å². The molecule has 0 atom stereocenters. The second-order valence-electron chi connectivity index (χ2n) is 4.51. The number of likely N-dealkylation sites (N-methyl/N-ethyl adjacent to an activating group) is 1. The predicted octanol–water partition coefficient (Wildman–Crippen LogP) is 1.84. The molecule has 0 aliphatic carbocycles. The van der Waals surface area contributed by atoms with Crippen LogP contribution in [-0.2, 0) is 4.79 Å². The second-order valence-corrected chi connectivity index (χ2v) is 4.51. The van der Waals surface area contributed by atoms with Crippen molar-refractivity contribution in [2.45, 2.75) is 13.1 Å². The lowest BCUT2D eigenvalue weighted by Crippen LogP contribution is -2.42. The number of rotatable bonds is 6. The van der Waals surface area contributed by atoms with E-state index in [9.17, 15) is 22.8 Å². The van der Waals surface area contributed by atoms with Gasteiger partial charge in [0.2, 0.25) is 5.91 Å². The first-order chi connectivity index (χ1) is 10.2. The zero-order valence-electron chi connectivity index (χ0n) is 12.2. The van der Waals surface area contributed by atoms with Crippen LogP contribution in [0.3, 0.4) is 0 Å². The summed E-state index contributed by atoms with van der Waals surface area (Å²) in [5.41, 5.74) is 0.287. The number of carbonyl (C=O) groups is 2. The Balaban J connectivity index is 2.50. The van der Waals surface area contributed by atoms with E-state index in [4.69, 9.17) is 4.74 Å². The number of nitrogens with zero attached hydrogens (tertiary/aromatic N) is 1. The topological polar surface area (TPSA) is 58.6 Å². The molecule has 5 nitrogen and oxygen atoms in total.